The Morgan fingerprint density at radius 3 is 2.86 bits per heavy atom. The van der Waals surface area contributed by atoms with E-state index < -0.39 is 5.69 Å². The Kier molecular flexibility index (Phi) is 4.08. The molecule has 29 heavy (non-hydrogen) atoms. The zero-order valence-corrected chi connectivity index (χ0v) is 15.3. The molecule has 4 aromatic heterocycles. The van der Waals surface area contributed by atoms with Gasteiger partial charge in [-0.2, -0.15) is 9.61 Å². The number of H-pyrrole nitrogens is 2. The molecule has 1 saturated carbocycles. The lowest BCUT2D eigenvalue weighted by Gasteiger charge is -2.06. The highest BCUT2D eigenvalue weighted by Gasteiger charge is 2.20. The van der Waals surface area contributed by atoms with E-state index in [0.29, 0.717) is 28.1 Å². The first kappa shape index (κ1) is 17.2. The largest absolute Gasteiger partial charge is 0.493 e. The molecular formula is C19H18N8O2. The van der Waals surface area contributed by atoms with Gasteiger partial charge in [0.05, 0.1) is 6.20 Å². The lowest BCUT2D eigenvalue weighted by Crippen LogP contribution is -2.20. The van der Waals surface area contributed by atoms with Gasteiger partial charge in [-0.15, -0.1) is 0 Å². The highest BCUT2D eigenvalue weighted by atomic mass is 16.3. The summed E-state index contributed by atoms with van der Waals surface area (Å²) in [5, 5.41) is 18.2. The van der Waals surface area contributed by atoms with Crippen molar-refractivity contribution in [2.75, 3.05) is 11.9 Å². The normalized spacial score (nSPS) is 15.3. The molecule has 0 unspecified atom stereocenters. The maximum Gasteiger partial charge on any atom is 0.326 e. The van der Waals surface area contributed by atoms with Crippen molar-refractivity contribution in [3.63, 3.8) is 0 Å². The summed E-state index contributed by atoms with van der Waals surface area (Å²) in [6.07, 6.45) is 9.05. The van der Waals surface area contributed by atoms with Gasteiger partial charge in [-0.3, -0.25) is 15.0 Å². The number of nitrogens with one attached hydrogen (secondary N) is 3. The van der Waals surface area contributed by atoms with E-state index in [1.165, 1.54) is 12.8 Å². The number of fused-ring (bicyclic) bond motifs is 1. The molecule has 0 atom stereocenters. The Morgan fingerprint density at radius 1 is 1.31 bits per heavy atom. The van der Waals surface area contributed by atoms with Gasteiger partial charge >= 0.3 is 5.69 Å². The number of rotatable bonds is 5. The molecule has 4 aromatic rings. The van der Waals surface area contributed by atoms with E-state index in [9.17, 15) is 9.90 Å². The van der Waals surface area contributed by atoms with Crippen LogP contribution in [0.5, 0.6) is 5.88 Å². The Labute approximate surface area is 163 Å². The molecule has 10 nitrogen and oxygen atoms in total. The van der Waals surface area contributed by atoms with E-state index in [2.05, 4.69) is 30.4 Å². The van der Waals surface area contributed by atoms with Crippen LogP contribution in [-0.4, -0.2) is 41.2 Å². The number of hydrogen-bond acceptors (Lipinski definition) is 7. The second kappa shape index (κ2) is 6.89. The molecule has 146 valence electrons. The number of nitrogens with zero attached hydrogens (tertiary/aromatic N) is 5. The topological polar surface area (TPSA) is 136 Å². The monoisotopic (exact) mass is 390 g/mol. The summed E-state index contributed by atoms with van der Waals surface area (Å²) >= 11 is 0. The lowest BCUT2D eigenvalue weighted by atomic mass is 10.3. The van der Waals surface area contributed by atoms with Crippen LogP contribution in [0.3, 0.4) is 0 Å². The Hall–Kier alpha value is -3.95. The fraction of sp³-hybridized carbons (Fsp3) is 0.211. The molecule has 1 aliphatic carbocycles. The van der Waals surface area contributed by atoms with E-state index in [-0.39, 0.29) is 11.6 Å². The number of hydrogen-bond donors (Lipinski definition) is 4. The van der Waals surface area contributed by atoms with Crippen molar-refractivity contribution in [2.24, 2.45) is 10.9 Å². The van der Waals surface area contributed by atoms with Crippen LogP contribution in [0.25, 0.3) is 11.7 Å². The number of aromatic amines is 2. The molecule has 1 aliphatic rings. The van der Waals surface area contributed by atoms with Crippen molar-refractivity contribution in [1.82, 2.24) is 29.5 Å². The first-order chi connectivity index (χ1) is 14.2. The minimum absolute atomic E-state index is 0.237. The molecule has 4 N–H and O–H groups in total. The highest BCUT2D eigenvalue weighted by Crippen LogP contribution is 2.28. The average Bonchev–Trinajstić information content (AvgIpc) is 3.38. The van der Waals surface area contributed by atoms with Gasteiger partial charge in [0, 0.05) is 35.9 Å². The van der Waals surface area contributed by atoms with Crippen LogP contribution in [0.2, 0.25) is 0 Å². The average molecular weight is 390 g/mol. The molecule has 0 radical (unpaired) electrons. The standard InChI is InChI=1S/C19H18N8O2/c28-18-14(24-19(29)26-18)7-12-10-22-27-16(21-9-11-1-2-11)8-15(25-17(12)27)23-13-3-5-20-6-4-13/h3-8,10-11,28H,1-2,9H2,(H,20,23)(H2,24,26,29)/b12-7+,21-16?. The van der Waals surface area contributed by atoms with E-state index in [4.69, 9.17) is 4.99 Å². The van der Waals surface area contributed by atoms with Crippen LogP contribution in [0.1, 0.15) is 18.5 Å². The van der Waals surface area contributed by atoms with Crippen molar-refractivity contribution >= 4 is 23.2 Å². The van der Waals surface area contributed by atoms with Crippen molar-refractivity contribution in [3.05, 3.63) is 63.7 Å². The zero-order chi connectivity index (χ0) is 19.8. The van der Waals surface area contributed by atoms with E-state index in [1.54, 1.807) is 29.2 Å². The molecular weight excluding hydrogens is 372 g/mol. The predicted molar refractivity (Wildman–Crippen MR) is 106 cm³/mol. The van der Waals surface area contributed by atoms with Gasteiger partial charge in [-0.1, -0.05) is 0 Å². The molecule has 0 aliphatic heterocycles. The van der Waals surface area contributed by atoms with Crippen LogP contribution in [-0.2, 0) is 0 Å². The van der Waals surface area contributed by atoms with Gasteiger partial charge in [0.25, 0.3) is 0 Å². The van der Waals surface area contributed by atoms with Gasteiger partial charge < -0.3 is 15.4 Å². The molecule has 1 fully saturated rings. The summed E-state index contributed by atoms with van der Waals surface area (Å²) in [7, 11) is 0. The van der Waals surface area contributed by atoms with Crippen molar-refractivity contribution < 1.29 is 5.11 Å². The SMILES string of the molecule is O=c1[nH]c(O)c(/C=c2\cnn3c(=NCC4CC4)cc(Nc4ccncc4)nc23)[nH]1. The second-order valence-corrected chi connectivity index (χ2v) is 6.97. The van der Waals surface area contributed by atoms with Crippen LogP contribution < -0.4 is 21.7 Å². The van der Waals surface area contributed by atoms with Crippen molar-refractivity contribution in [2.45, 2.75) is 12.8 Å². The maximum absolute atomic E-state index is 11.4. The molecule has 0 aromatic carbocycles. The Balaban J connectivity index is 1.66. The molecule has 0 spiro atoms. The number of pyridine rings is 1. The summed E-state index contributed by atoms with van der Waals surface area (Å²) in [6.45, 7) is 0.749. The Bertz CT molecular complexity index is 1350. The van der Waals surface area contributed by atoms with E-state index in [1.807, 2.05) is 18.2 Å². The first-order valence-corrected chi connectivity index (χ1v) is 9.25. The molecule has 0 saturated heterocycles. The quantitative estimate of drug-likeness (QED) is 0.391. The van der Waals surface area contributed by atoms with Crippen LogP contribution in [0, 0.1) is 5.92 Å². The third-order valence-electron chi connectivity index (χ3n) is 4.68. The summed E-state index contributed by atoms with van der Waals surface area (Å²) < 4.78 is 1.66. The predicted octanol–water partition coefficient (Wildman–Crippen LogP) is 0.448. The zero-order valence-electron chi connectivity index (χ0n) is 15.3. The number of anilines is 2. The van der Waals surface area contributed by atoms with Gasteiger partial charge in [0.1, 0.15) is 11.5 Å². The lowest BCUT2D eigenvalue weighted by molar-refractivity contribution is 0.454. The van der Waals surface area contributed by atoms with E-state index >= 15 is 0 Å². The van der Waals surface area contributed by atoms with Gasteiger partial charge in [0.2, 0.25) is 5.88 Å². The minimum Gasteiger partial charge on any atom is -0.493 e. The van der Waals surface area contributed by atoms with Gasteiger partial charge in [0.15, 0.2) is 11.1 Å². The maximum atomic E-state index is 11.4. The molecule has 0 bridgehead atoms. The third-order valence-corrected chi connectivity index (χ3v) is 4.68. The van der Waals surface area contributed by atoms with Crippen molar-refractivity contribution in [1.29, 1.82) is 0 Å². The molecule has 10 heteroatoms. The second-order valence-electron chi connectivity index (χ2n) is 6.97. The first-order valence-electron chi connectivity index (χ1n) is 9.25. The summed E-state index contributed by atoms with van der Waals surface area (Å²) in [5.74, 6) is 1.01. The third kappa shape index (κ3) is 3.59. The van der Waals surface area contributed by atoms with Crippen LogP contribution in [0.15, 0.2) is 46.6 Å². The number of aromatic nitrogens is 6. The van der Waals surface area contributed by atoms with Crippen LogP contribution >= 0.6 is 0 Å². The fourth-order valence-electron chi connectivity index (χ4n) is 3.00. The van der Waals surface area contributed by atoms with Gasteiger partial charge in [-0.05, 0) is 37.0 Å². The number of aromatic hydroxyl groups is 1. The minimum atomic E-state index is -0.488. The number of imidazole rings is 1. The summed E-state index contributed by atoms with van der Waals surface area (Å²) in [4.78, 5) is 29.6. The van der Waals surface area contributed by atoms with E-state index in [0.717, 1.165) is 12.2 Å². The molecule has 0 amide bonds. The fourth-order valence-corrected chi connectivity index (χ4v) is 3.00. The molecule has 4 heterocycles. The van der Waals surface area contributed by atoms with Crippen LogP contribution in [0.4, 0.5) is 11.5 Å². The van der Waals surface area contributed by atoms with Gasteiger partial charge in [-0.25, -0.2) is 9.78 Å². The smallest absolute Gasteiger partial charge is 0.326 e. The Morgan fingerprint density at radius 2 is 2.14 bits per heavy atom. The highest BCUT2D eigenvalue weighted by molar-refractivity contribution is 5.60. The summed E-state index contributed by atoms with van der Waals surface area (Å²) in [5.41, 5.74) is 1.86. The summed E-state index contributed by atoms with van der Waals surface area (Å²) in [6, 6.07) is 5.54. The van der Waals surface area contributed by atoms with Crippen molar-refractivity contribution in [3.8, 4) is 5.88 Å². The molecule has 5 rings (SSSR count).